The summed E-state index contributed by atoms with van der Waals surface area (Å²) in [6, 6.07) is 15.3. The fourth-order valence-corrected chi connectivity index (χ4v) is 5.68. The number of halogens is 1. The molecule has 4 nitrogen and oxygen atoms in total. The van der Waals surface area contributed by atoms with Gasteiger partial charge in [-0.2, -0.15) is 5.26 Å². The van der Waals surface area contributed by atoms with Gasteiger partial charge in [0.1, 0.15) is 5.41 Å². The SMILES string of the molecule is Cc1ccc([C@@H]2[C@H](S(=O)(=O)c3ccc(Cl)cc3)[C@@]2(C#N)CO)cc1. The van der Waals surface area contributed by atoms with Crippen molar-refractivity contribution in [1.82, 2.24) is 0 Å². The molecule has 0 saturated heterocycles. The standard InChI is InChI=1S/C18H16ClNO3S/c1-12-2-4-13(5-3-12)16-17(18(16,10-20)11-21)24(22,23)15-8-6-14(19)7-9-15/h2-9,16-17,21H,11H2,1H3/t16-,17+,18+/m1/s1. The van der Waals surface area contributed by atoms with Crippen LogP contribution in [0.5, 0.6) is 0 Å². The van der Waals surface area contributed by atoms with E-state index in [1.165, 1.54) is 24.3 Å². The van der Waals surface area contributed by atoms with Crippen LogP contribution >= 0.6 is 11.6 Å². The third kappa shape index (κ3) is 2.51. The van der Waals surface area contributed by atoms with E-state index in [4.69, 9.17) is 11.6 Å². The number of aliphatic hydroxyl groups excluding tert-OH is 1. The average Bonchev–Trinajstić information content (AvgIpc) is 3.26. The molecule has 1 saturated carbocycles. The summed E-state index contributed by atoms with van der Waals surface area (Å²) in [5.41, 5.74) is 0.482. The van der Waals surface area contributed by atoms with Crippen molar-refractivity contribution in [3.8, 4) is 6.07 Å². The van der Waals surface area contributed by atoms with E-state index in [1.54, 1.807) is 0 Å². The monoisotopic (exact) mass is 361 g/mol. The lowest BCUT2D eigenvalue weighted by molar-refractivity contribution is 0.242. The highest BCUT2D eigenvalue weighted by Crippen LogP contribution is 2.63. The molecule has 1 N–H and O–H groups in total. The minimum Gasteiger partial charge on any atom is -0.395 e. The van der Waals surface area contributed by atoms with Gasteiger partial charge in [0.25, 0.3) is 0 Å². The van der Waals surface area contributed by atoms with Gasteiger partial charge in [0, 0.05) is 10.9 Å². The Hall–Kier alpha value is -1.87. The number of hydrogen-bond acceptors (Lipinski definition) is 4. The molecule has 0 aromatic heterocycles. The predicted octanol–water partition coefficient (Wildman–Crippen LogP) is 3.09. The van der Waals surface area contributed by atoms with Gasteiger partial charge < -0.3 is 5.11 Å². The molecule has 3 atom stereocenters. The molecule has 0 unspecified atom stereocenters. The van der Waals surface area contributed by atoms with Crippen LogP contribution in [0, 0.1) is 23.7 Å². The summed E-state index contributed by atoms with van der Waals surface area (Å²) in [5.74, 6) is -0.547. The highest BCUT2D eigenvalue weighted by Gasteiger charge is 2.72. The minimum absolute atomic E-state index is 0.111. The summed E-state index contributed by atoms with van der Waals surface area (Å²) >= 11 is 5.82. The van der Waals surface area contributed by atoms with Crippen LogP contribution < -0.4 is 0 Å². The van der Waals surface area contributed by atoms with Crippen LogP contribution in [0.15, 0.2) is 53.4 Å². The molecule has 2 aromatic rings. The van der Waals surface area contributed by atoms with Gasteiger partial charge in [0.15, 0.2) is 9.84 Å². The Bertz CT molecular complexity index is 901. The van der Waals surface area contributed by atoms with E-state index in [-0.39, 0.29) is 4.90 Å². The van der Waals surface area contributed by atoms with Crippen molar-refractivity contribution in [3.63, 3.8) is 0 Å². The number of nitriles is 1. The van der Waals surface area contributed by atoms with E-state index in [0.29, 0.717) is 5.02 Å². The molecular weight excluding hydrogens is 346 g/mol. The molecule has 0 radical (unpaired) electrons. The predicted molar refractivity (Wildman–Crippen MR) is 91.5 cm³/mol. The third-order valence-corrected chi connectivity index (χ3v) is 7.18. The lowest BCUT2D eigenvalue weighted by atomic mass is 10.0. The maximum Gasteiger partial charge on any atom is 0.183 e. The van der Waals surface area contributed by atoms with Crippen molar-refractivity contribution in [2.75, 3.05) is 6.61 Å². The molecule has 0 aliphatic heterocycles. The second-order valence-electron chi connectivity index (χ2n) is 6.12. The molecule has 0 heterocycles. The van der Waals surface area contributed by atoms with Crippen LogP contribution in [0.25, 0.3) is 0 Å². The van der Waals surface area contributed by atoms with Gasteiger partial charge in [0.05, 0.1) is 22.8 Å². The number of aryl methyl sites for hydroxylation is 1. The van der Waals surface area contributed by atoms with E-state index in [2.05, 4.69) is 0 Å². The van der Waals surface area contributed by atoms with Crippen LogP contribution in [-0.4, -0.2) is 25.4 Å². The van der Waals surface area contributed by atoms with Crippen LogP contribution in [0.2, 0.25) is 5.02 Å². The van der Waals surface area contributed by atoms with Crippen LogP contribution in [-0.2, 0) is 9.84 Å². The van der Waals surface area contributed by atoms with Crippen molar-refractivity contribution in [3.05, 3.63) is 64.7 Å². The normalized spacial score (nSPS) is 25.9. The molecule has 1 aliphatic rings. The second kappa shape index (κ2) is 5.89. The molecule has 1 aliphatic carbocycles. The molecular formula is C18H16ClNO3S. The highest BCUT2D eigenvalue weighted by molar-refractivity contribution is 7.92. The molecule has 0 amide bonds. The van der Waals surface area contributed by atoms with Gasteiger partial charge in [-0.15, -0.1) is 0 Å². The van der Waals surface area contributed by atoms with Crippen molar-refractivity contribution in [1.29, 1.82) is 5.26 Å². The number of benzene rings is 2. The van der Waals surface area contributed by atoms with Gasteiger partial charge in [0.2, 0.25) is 0 Å². The second-order valence-corrected chi connectivity index (χ2v) is 8.62. The van der Waals surface area contributed by atoms with Crippen LogP contribution in [0.4, 0.5) is 0 Å². The van der Waals surface area contributed by atoms with E-state index < -0.39 is 33.0 Å². The lowest BCUT2D eigenvalue weighted by Gasteiger charge is -2.06. The zero-order chi connectivity index (χ0) is 17.5. The molecule has 1 fully saturated rings. The third-order valence-electron chi connectivity index (χ3n) is 4.64. The Kier molecular flexibility index (Phi) is 4.16. The smallest absolute Gasteiger partial charge is 0.183 e. The number of nitrogens with zero attached hydrogens (tertiary/aromatic N) is 1. The number of rotatable bonds is 4. The molecule has 0 spiro atoms. The van der Waals surface area contributed by atoms with E-state index in [9.17, 15) is 18.8 Å². The van der Waals surface area contributed by atoms with E-state index in [0.717, 1.165) is 11.1 Å². The first-order valence-electron chi connectivity index (χ1n) is 7.45. The van der Waals surface area contributed by atoms with Gasteiger partial charge in [-0.05, 0) is 36.8 Å². The first-order valence-corrected chi connectivity index (χ1v) is 9.37. The van der Waals surface area contributed by atoms with Gasteiger partial charge in [-0.3, -0.25) is 0 Å². The molecule has 24 heavy (non-hydrogen) atoms. The summed E-state index contributed by atoms with van der Waals surface area (Å²) in [4.78, 5) is 0.111. The van der Waals surface area contributed by atoms with Crippen LogP contribution in [0.3, 0.4) is 0 Å². The highest BCUT2D eigenvalue weighted by atomic mass is 35.5. The molecule has 124 valence electrons. The summed E-state index contributed by atoms with van der Waals surface area (Å²) in [6.45, 7) is 1.43. The van der Waals surface area contributed by atoms with Crippen LogP contribution in [0.1, 0.15) is 17.0 Å². The fourth-order valence-electron chi connectivity index (χ4n) is 3.23. The molecule has 0 bridgehead atoms. The molecule has 6 heteroatoms. The molecule has 3 rings (SSSR count). The maximum absolute atomic E-state index is 13.0. The average molecular weight is 362 g/mol. The quantitative estimate of drug-likeness (QED) is 0.907. The van der Waals surface area contributed by atoms with Crippen molar-refractivity contribution in [2.45, 2.75) is 23.0 Å². The molecule has 2 aromatic carbocycles. The zero-order valence-corrected chi connectivity index (χ0v) is 14.6. The minimum atomic E-state index is -3.76. The van der Waals surface area contributed by atoms with Crippen molar-refractivity contribution < 1.29 is 13.5 Å². The number of sulfone groups is 1. The van der Waals surface area contributed by atoms with Gasteiger partial charge in [-0.1, -0.05) is 41.4 Å². The van der Waals surface area contributed by atoms with E-state index in [1.807, 2.05) is 37.3 Å². The topological polar surface area (TPSA) is 78.2 Å². The first-order chi connectivity index (χ1) is 11.4. The number of hydrogen-bond donors (Lipinski definition) is 1. The Morgan fingerprint density at radius 1 is 1.17 bits per heavy atom. The summed E-state index contributed by atoms with van der Waals surface area (Å²) in [5, 5.41) is 18.8. The lowest BCUT2D eigenvalue weighted by Crippen LogP contribution is -2.18. The first kappa shape index (κ1) is 17.0. The fraction of sp³-hybridized carbons (Fsp3) is 0.278. The Balaban J connectivity index is 2.06. The summed E-state index contributed by atoms with van der Waals surface area (Å²) < 4.78 is 26.0. The van der Waals surface area contributed by atoms with Crippen molar-refractivity contribution >= 4 is 21.4 Å². The Morgan fingerprint density at radius 2 is 1.75 bits per heavy atom. The largest absolute Gasteiger partial charge is 0.395 e. The number of aliphatic hydroxyl groups is 1. The van der Waals surface area contributed by atoms with E-state index >= 15 is 0 Å². The summed E-state index contributed by atoms with van der Waals surface area (Å²) in [6.07, 6.45) is 0. The zero-order valence-electron chi connectivity index (χ0n) is 13.0. The van der Waals surface area contributed by atoms with Gasteiger partial charge >= 0.3 is 0 Å². The van der Waals surface area contributed by atoms with Crippen molar-refractivity contribution in [2.24, 2.45) is 5.41 Å². The summed E-state index contributed by atoms with van der Waals surface area (Å²) in [7, 11) is -3.76. The maximum atomic E-state index is 13.0. The van der Waals surface area contributed by atoms with Gasteiger partial charge in [-0.25, -0.2) is 8.42 Å². The Morgan fingerprint density at radius 3 is 2.25 bits per heavy atom. The Labute approximate surface area is 146 Å².